The highest BCUT2D eigenvalue weighted by molar-refractivity contribution is 5.58. The van der Waals surface area contributed by atoms with E-state index in [1.807, 2.05) is 18.2 Å². The van der Waals surface area contributed by atoms with Gasteiger partial charge in [-0.3, -0.25) is 0 Å². The Balaban J connectivity index is 2.11. The molecule has 0 amide bonds. The van der Waals surface area contributed by atoms with Crippen molar-refractivity contribution in [2.45, 2.75) is 0 Å². The molecule has 3 heteroatoms. The first-order valence-electron chi connectivity index (χ1n) is 5.60. The van der Waals surface area contributed by atoms with Gasteiger partial charge in [0.25, 0.3) is 0 Å². The minimum absolute atomic E-state index is 0.0851. The predicted molar refractivity (Wildman–Crippen MR) is 65.6 cm³/mol. The molecule has 1 aliphatic heterocycles. The summed E-state index contributed by atoms with van der Waals surface area (Å²) < 4.78 is 5.33. The molecule has 3 nitrogen and oxygen atoms in total. The molecule has 1 N–H and O–H groups in total. The van der Waals surface area contributed by atoms with Gasteiger partial charge in [0.05, 0.1) is 19.8 Å². The molecule has 86 valence electrons. The molecule has 0 aromatic heterocycles. The fourth-order valence-corrected chi connectivity index (χ4v) is 1.84. The fraction of sp³-hybridized carbons (Fsp3) is 0.385. The first-order valence-corrected chi connectivity index (χ1v) is 5.60. The number of aliphatic hydroxyl groups excluding tert-OH is 1. The molecule has 0 saturated carbocycles. The monoisotopic (exact) mass is 219 g/mol. The molecular weight excluding hydrogens is 202 g/mol. The van der Waals surface area contributed by atoms with Gasteiger partial charge in [-0.15, -0.1) is 0 Å². The van der Waals surface area contributed by atoms with E-state index < -0.39 is 0 Å². The SMILES string of the molecule is OCC=Cc1cccc(N2CCOCC2)c1. The summed E-state index contributed by atoms with van der Waals surface area (Å²) in [7, 11) is 0. The number of nitrogens with zero attached hydrogens (tertiary/aromatic N) is 1. The Morgan fingerprint density at radius 2 is 2.12 bits per heavy atom. The third kappa shape index (κ3) is 2.84. The van der Waals surface area contributed by atoms with Crippen LogP contribution < -0.4 is 4.90 Å². The Bertz CT molecular complexity index is 357. The number of rotatable bonds is 3. The maximum Gasteiger partial charge on any atom is 0.0642 e. The van der Waals surface area contributed by atoms with Gasteiger partial charge in [-0.25, -0.2) is 0 Å². The van der Waals surface area contributed by atoms with Crippen molar-refractivity contribution in [3.63, 3.8) is 0 Å². The quantitative estimate of drug-likeness (QED) is 0.836. The lowest BCUT2D eigenvalue weighted by atomic mass is 10.1. The van der Waals surface area contributed by atoms with E-state index in [9.17, 15) is 0 Å². The normalized spacial score (nSPS) is 16.9. The maximum absolute atomic E-state index is 8.73. The van der Waals surface area contributed by atoms with Gasteiger partial charge in [0, 0.05) is 18.8 Å². The average molecular weight is 219 g/mol. The number of anilines is 1. The summed E-state index contributed by atoms with van der Waals surface area (Å²) >= 11 is 0. The zero-order valence-electron chi connectivity index (χ0n) is 9.30. The Morgan fingerprint density at radius 3 is 2.88 bits per heavy atom. The van der Waals surface area contributed by atoms with E-state index >= 15 is 0 Å². The summed E-state index contributed by atoms with van der Waals surface area (Å²) in [5.74, 6) is 0. The summed E-state index contributed by atoms with van der Waals surface area (Å²) in [6.07, 6.45) is 3.68. The summed E-state index contributed by atoms with van der Waals surface area (Å²) in [4.78, 5) is 2.32. The van der Waals surface area contributed by atoms with Crippen molar-refractivity contribution in [3.05, 3.63) is 35.9 Å². The molecular formula is C13H17NO2. The van der Waals surface area contributed by atoms with Gasteiger partial charge in [-0.05, 0) is 17.7 Å². The second-order valence-electron chi connectivity index (χ2n) is 3.78. The van der Waals surface area contributed by atoms with Crippen molar-refractivity contribution in [2.75, 3.05) is 37.8 Å². The van der Waals surface area contributed by atoms with Crippen LogP contribution in [0.1, 0.15) is 5.56 Å². The third-order valence-corrected chi connectivity index (χ3v) is 2.66. The van der Waals surface area contributed by atoms with Gasteiger partial charge in [0.1, 0.15) is 0 Å². The van der Waals surface area contributed by atoms with Crippen LogP contribution in [0.4, 0.5) is 5.69 Å². The molecule has 1 aromatic rings. The van der Waals surface area contributed by atoms with Gasteiger partial charge >= 0.3 is 0 Å². The van der Waals surface area contributed by atoms with Gasteiger partial charge in [-0.2, -0.15) is 0 Å². The molecule has 0 unspecified atom stereocenters. The topological polar surface area (TPSA) is 32.7 Å². The molecule has 0 aliphatic carbocycles. The second kappa shape index (κ2) is 5.68. The van der Waals surface area contributed by atoms with E-state index in [0.29, 0.717) is 0 Å². The molecule has 0 spiro atoms. The van der Waals surface area contributed by atoms with Crippen LogP contribution in [0.3, 0.4) is 0 Å². The number of hydrogen-bond donors (Lipinski definition) is 1. The van der Waals surface area contributed by atoms with Crippen molar-refractivity contribution >= 4 is 11.8 Å². The third-order valence-electron chi connectivity index (χ3n) is 2.66. The Kier molecular flexibility index (Phi) is 3.97. The molecule has 1 saturated heterocycles. The van der Waals surface area contributed by atoms with Crippen LogP contribution in [-0.2, 0) is 4.74 Å². The van der Waals surface area contributed by atoms with Crippen molar-refractivity contribution in [1.29, 1.82) is 0 Å². The van der Waals surface area contributed by atoms with Gasteiger partial charge in [-0.1, -0.05) is 24.3 Å². The molecule has 1 fully saturated rings. The largest absolute Gasteiger partial charge is 0.392 e. The molecule has 1 heterocycles. The molecule has 2 rings (SSSR count). The summed E-state index contributed by atoms with van der Waals surface area (Å²) in [6.45, 7) is 3.59. The number of ether oxygens (including phenoxy) is 1. The Morgan fingerprint density at radius 1 is 1.31 bits per heavy atom. The highest BCUT2D eigenvalue weighted by Crippen LogP contribution is 2.18. The molecule has 1 aromatic carbocycles. The molecule has 0 atom stereocenters. The van der Waals surface area contributed by atoms with Gasteiger partial charge in [0.2, 0.25) is 0 Å². The maximum atomic E-state index is 8.73. The zero-order valence-corrected chi connectivity index (χ0v) is 9.30. The molecule has 16 heavy (non-hydrogen) atoms. The van der Waals surface area contributed by atoms with E-state index in [1.165, 1.54) is 5.69 Å². The van der Waals surface area contributed by atoms with E-state index in [2.05, 4.69) is 17.0 Å². The van der Waals surface area contributed by atoms with Crippen LogP contribution in [0.2, 0.25) is 0 Å². The van der Waals surface area contributed by atoms with Crippen LogP contribution in [0, 0.1) is 0 Å². The molecule has 0 bridgehead atoms. The summed E-state index contributed by atoms with van der Waals surface area (Å²) in [6, 6.07) is 8.33. The lowest BCUT2D eigenvalue weighted by Gasteiger charge is -2.29. The Labute approximate surface area is 96.0 Å². The second-order valence-corrected chi connectivity index (χ2v) is 3.78. The molecule has 1 aliphatic rings. The Hall–Kier alpha value is -1.32. The lowest BCUT2D eigenvalue weighted by molar-refractivity contribution is 0.122. The average Bonchev–Trinajstić information content (AvgIpc) is 2.38. The van der Waals surface area contributed by atoms with Crippen LogP contribution in [0.25, 0.3) is 6.08 Å². The predicted octanol–water partition coefficient (Wildman–Crippen LogP) is 1.53. The van der Waals surface area contributed by atoms with Crippen molar-refractivity contribution in [3.8, 4) is 0 Å². The van der Waals surface area contributed by atoms with Crippen molar-refractivity contribution in [1.82, 2.24) is 0 Å². The van der Waals surface area contributed by atoms with Crippen LogP contribution >= 0.6 is 0 Å². The van der Waals surface area contributed by atoms with Gasteiger partial charge < -0.3 is 14.7 Å². The number of hydrogen-bond acceptors (Lipinski definition) is 3. The van der Waals surface area contributed by atoms with Crippen LogP contribution in [-0.4, -0.2) is 38.0 Å². The van der Waals surface area contributed by atoms with E-state index in [-0.39, 0.29) is 6.61 Å². The minimum atomic E-state index is 0.0851. The smallest absolute Gasteiger partial charge is 0.0642 e. The standard InChI is InChI=1S/C13H17NO2/c15-8-2-4-12-3-1-5-13(11-12)14-6-9-16-10-7-14/h1-5,11,15H,6-10H2. The van der Waals surface area contributed by atoms with Crippen LogP contribution in [0.5, 0.6) is 0 Å². The van der Waals surface area contributed by atoms with Gasteiger partial charge in [0.15, 0.2) is 0 Å². The van der Waals surface area contributed by atoms with Crippen LogP contribution in [0.15, 0.2) is 30.3 Å². The van der Waals surface area contributed by atoms with E-state index in [4.69, 9.17) is 9.84 Å². The van der Waals surface area contributed by atoms with E-state index in [1.54, 1.807) is 6.08 Å². The van der Waals surface area contributed by atoms with Crippen molar-refractivity contribution < 1.29 is 9.84 Å². The number of benzene rings is 1. The highest BCUT2D eigenvalue weighted by atomic mass is 16.5. The van der Waals surface area contributed by atoms with Crippen molar-refractivity contribution in [2.24, 2.45) is 0 Å². The number of aliphatic hydroxyl groups is 1. The number of morpholine rings is 1. The first kappa shape index (κ1) is 11.2. The highest BCUT2D eigenvalue weighted by Gasteiger charge is 2.10. The fourth-order valence-electron chi connectivity index (χ4n) is 1.84. The lowest BCUT2D eigenvalue weighted by Crippen LogP contribution is -2.36. The zero-order chi connectivity index (χ0) is 11.2. The minimum Gasteiger partial charge on any atom is -0.392 e. The van der Waals surface area contributed by atoms with E-state index in [0.717, 1.165) is 31.9 Å². The summed E-state index contributed by atoms with van der Waals surface area (Å²) in [5.41, 5.74) is 2.35. The summed E-state index contributed by atoms with van der Waals surface area (Å²) in [5, 5.41) is 8.73. The molecule has 0 radical (unpaired) electrons. The first-order chi connectivity index (χ1) is 7.90.